The summed E-state index contributed by atoms with van der Waals surface area (Å²) in [6.07, 6.45) is 5.23. The number of piperidine rings is 1. The van der Waals surface area contributed by atoms with E-state index in [1.807, 2.05) is 16.8 Å². The Morgan fingerprint density at radius 2 is 1.91 bits per heavy atom. The largest absolute Gasteiger partial charge is 0.487 e. The number of halogens is 2. The maximum atomic E-state index is 15.2. The van der Waals surface area contributed by atoms with Crippen LogP contribution in [0.4, 0.5) is 20.3 Å². The van der Waals surface area contributed by atoms with Gasteiger partial charge in [0.2, 0.25) is 5.82 Å². The van der Waals surface area contributed by atoms with Gasteiger partial charge in [-0.1, -0.05) is 0 Å². The van der Waals surface area contributed by atoms with Crippen molar-refractivity contribution in [2.45, 2.75) is 43.9 Å². The number of pyridine rings is 1. The molecule has 35 heavy (non-hydrogen) atoms. The monoisotopic (exact) mass is 499 g/mol. The second-order valence-electron chi connectivity index (χ2n) is 8.96. The first kappa shape index (κ1) is 23.5. The number of nitrogen functional groups attached to an aromatic ring is 1. The fourth-order valence-electron chi connectivity index (χ4n) is 5.05. The summed E-state index contributed by atoms with van der Waals surface area (Å²) in [6.45, 7) is 0. The average Bonchev–Trinajstić information content (AvgIpc) is 3.44. The molecule has 11 heteroatoms. The number of hydrogen-bond acceptors (Lipinski definition) is 8. The molecule has 2 fully saturated rings. The molecule has 0 spiro atoms. The van der Waals surface area contributed by atoms with Crippen LogP contribution < -0.4 is 27.2 Å². The topological polar surface area (TPSA) is 119 Å². The smallest absolute Gasteiger partial charge is 0.202 e. The molecule has 3 aromatic rings. The molecule has 0 saturated carbocycles. The zero-order valence-corrected chi connectivity index (χ0v) is 20.0. The molecule has 184 valence electrons. The molecule has 8 nitrogen and oxygen atoms in total. The van der Waals surface area contributed by atoms with E-state index in [1.165, 1.54) is 23.5 Å². The highest BCUT2D eigenvalue weighted by atomic mass is 32.1. The maximum Gasteiger partial charge on any atom is 0.202 e. The molecular weight excluding hydrogens is 472 g/mol. The van der Waals surface area contributed by atoms with Crippen molar-refractivity contribution < 1.29 is 13.5 Å². The Bertz CT molecular complexity index is 1240. The second-order valence-corrected chi connectivity index (χ2v) is 9.74. The van der Waals surface area contributed by atoms with E-state index in [0.717, 1.165) is 41.8 Å². The van der Waals surface area contributed by atoms with Gasteiger partial charge in [0, 0.05) is 23.8 Å². The third-order valence-electron chi connectivity index (χ3n) is 7.00. The van der Waals surface area contributed by atoms with Gasteiger partial charge in [0.25, 0.3) is 0 Å². The highest BCUT2D eigenvalue weighted by Gasteiger charge is 2.39. The standard InChI is InChI=1S/C24H27F2N7OS/c1-32-15-2-3-16(32)10-17(9-15)34-20-5-4-19(21(25)22(20)26)33(29)24(31-28)18-8-14(11-30-23(18)27)13-6-7-35-12-13/h4-8,11-12,15-17H,2-3,9-10,28-29H2,1H3,(H2,27,30)/b31-24-. The normalized spacial score (nSPS) is 22.4. The van der Waals surface area contributed by atoms with E-state index in [2.05, 4.69) is 22.0 Å². The van der Waals surface area contributed by atoms with Crippen molar-refractivity contribution in [3.8, 4) is 16.9 Å². The number of hydrazine groups is 1. The molecule has 0 radical (unpaired) electrons. The van der Waals surface area contributed by atoms with Gasteiger partial charge in [0.1, 0.15) is 11.9 Å². The summed E-state index contributed by atoms with van der Waals surface area (Å²) in [4.78, 5) is 6.55. The molecule has 2 unspecified atom stereocenters. The van der Waals surface area contributed by atoms with Crippen LogP contribution in [0.5, 0.6) is 5.75 Å². The third kappa shape index (κ3) is 4.30. The molecule has 2 aliphatic rings. The van der Waals surface area contributed by atoms with E-state index >= 15 is 8.78 Å². The Labute approximate surface area is 205 Å². The number of nitrogens with zero attached hydrogens (tertiary/aromatic N) is 4. The lowest BCUT2D eigenvalue weighted by Gasteiger charge is -2.36. The van der Waals surface area contributed by atoms with Crippen LogP contribution >= 0.6 is 11.3 Å². The van der Waals surface area contributed by atoms with Gasteiger partial charge in [0.05, 0.1) is 11.3 Å². The number of ether oxygens (including phenoxy) is 1. The van der Waals surface area contributed by atoms with Gasteiger partial charge in [-0.2, -0.15) is 20.8 Å². The Morgan fingerprint density at radius 1 is 1.17 bits per heavy atom. The van der Waals surface area contributed by atoms with Gasteiger partial charge in [-0.15, -0.1) is 0 Å². The molecule has 2 bridgehead atoms. The Balaban J connectivity index is 1.40. The lowest BCUT2D eigenvalue weighted by Crippen LogP contribution is -2.44. The second kappa shape index (κ2) is 9.40. The van der Waals surface area contributed by atoms with Crippen molar-refractivity contribution in [1.29, 1.82) is 0 Å². The van der Waals surface area contributed by atoms with Gasteiger partial charge >= 0.3 is 0 Å². The summed E-state index contributed by atoms with van der Waals surface area (Å²) in [5.74, 6) is 9.40. The van der Waals surface area contributed by atoms with Gasteiger partial charge in [-0.3, -0.25) is 5.01 Å². The maximum absolute atomic E-state index is 15.2. The van der Waals surface area contributed by atoms with Crippen molar-refractivity contribution in [3.05, 3.63) is 58.4 Å². The van der Waals surface area contributed by atoms with E-state index in [-0.39, 0.29) is 29.2 Å². The minimum absolute atomic E-state index is 0.0639. The number of hydrazone groups is 1. The number of aromatic nitrogens is 1. The zero-order chi connectivity index (χ0) is 24.7. The molecule has 0 aliphatic carbocycles. The SMILES string of the molecule is CN1C2CCC1CC(Oc1ccc(N(N)/C(=N\N)c3cc(-c4ccsc4)cnc3N)c(F)c1F)C2. The van der Waals surface area contributed by atoms with E-state index in [0.29, 0.717) is 17.6 Å². The van der Waals surface area contributed by atoms with Crippen LogP contribution in [0, 0.1) is 11.6 Å². The van der Waals surface area contributed by atoms with Crippen LogP contribution in [0.25, 0.3) is 11.1 Å². The summed E-state index contributed by atoms with van der Waals surface area (Å²) in [5.41, 5.74) is 7.76. The Kier molecular flexibility index (Phi) is 6.30. The lowest BCUT2D eigenvalue weighted by molar-refractivity contribution is 0.0631. The minimum atomic E-state index is -1.16. The highest BCUT2D eigenvalue weighted by Crippen LogP contribution is 2.37. The Morgan fingerprint density at radius 3 is 2.57 bits per heavy atom. The number of thiophene rings is 1. The molecule has 2 aliphatic heterocycles. The number of hydrogen-bond donors (Lipinski definition) is 3. The van der Waals surface area contributed by atoms with Gasteiger partial charge < -0.3 is 21.2 Å². The predicted molar refractivity (Wildman–Crippen MR) is 134 cm³/mol. The van der Waals surface area contributed by atoms with Crippen LogP contribution in [0.2, 0.25) is 0 Å². The number of rotatable bonds is 5. The van der Waals surface area contributed by atoms with Crippen LogP contribution in [-0.4, -0.2) is 41.0 Å². The predicted octanol–water partition coefficient (Wildman–Crippen LogP) is 3.68. The molecule has 0 amide bonds. The fourth-order valence-corrected chi connectivity index (χ4v) is 5.72. The highest BCUT2D eigenvalue weighted by molar-refractivity contribution is 7.08. The van der Waals surface area contributed by atoms with E-state index < -0.39 is 11.6 Å². The van der Waals surface area contributed by atoms with Gasteiger partial charge in [0.15, 0.2) is 17.4 Å². The van der Waals surface area contributed by atoms with Crippen molar-refractivity contribution in [3.63, 3.8) is 0 Å². The summed E-state index contributed by atoms with van der Waals surface area (Å²) in [5, 5.41) is 8.45. The molecule has 1 aromatic carbocycles. The minimum Gasteiger partial charge on any atom is -0.487 e. The Hall–Kier alpha value is -3.28. The number of amidine groups is 1. The van der Waals surface area contributed by atoms with Crippen LogP contribution in [0.1, 0.15) is 31.2 Å². The summed E-state index contributed by atoms with van der Waals surface area (Å²) in [7, 11) is 2.11. The van der Waals surface area contributed by atoms with Gasteiger partial charge in [-0.25, -0.2) is 15.2 Å². The molecule has 2 atom stereocenters. The zero-order valence-electron chi connectivity index (χ0n) is 19.2. The van der Waals surface area contributed by atoms with E-state index in [1.54, 1.807) is 12.3 Å². The van der Waals surface area contributed by atoms with Crippen molar-refractivity contribution in [2.75, 3.05) is 17.8 Å². The van der Waals surface area contributed by atoms with Crippen LogP contribution in [0.15, 0.2) is 46.3 Å². The first-order valence-corrected chi connectivity index (χ1v) is 12.3. The summed E-state index contributed by atoms with van der Waals surface area (Å²) in [6, 6.07) is 7.18. The molecule has 6 N–H and O–H groups in total. The third-order valence-corrected chi connectivity index (χ3v) is 7.68. The summed E-state index contributed by atoms with van der Waals surface area (Å²) >= 11 is 1.53. The lowest BCUT2D eigenvalue weighted by atomic mass is 10.0. The molecule has 2 saturated heterocycles. The van der Waals surface area contributed by atoms with Crippen molar-refractivity contribution in [1.82, 2.24) is 9.88 Å². The number of benzene rings is 1. The average molecular weight is 500 g/mol. The number of fused-ring (bicyclic) bond motifs is 2. The van der Waals surface area contributed by atoms with E-state index in [9.17, 15) is 0 Å². The molecule has 4 heterocycles. The van der Waals surface area contributed by atoms with Crippen LogP contribution in [-0.2, 0) is 0 Å². The van der Waals surface area contributed by atoms with Crippen molar-refractivity contribution >= 4 is 28.7 Å². The number of nitrogens with two attached hydrogens (primary N) is 3. The molecular formula is C24H27F2N7OS. The molecule has 5 rings (SSSR count). The van der Waals surface area contributed by atoms with Crippen LogP contribution in [0.3, 0.4) is 0 Å². The first-order valence-electron chi connectivity index (χ1n) is 11.3. The van der Waals surface area contributed by atoms with E-state index in [4.69, 9.17) is 22.2 Å². The summed E-state index contributed by atoms with van der Waals surface area (Å²) < 4.78 is 36.1. The van der Waals surface area contributed by atoms with Gasteiger partial charge in [-0.05, 0) is 73.3 Å². The quantitative estimate of drug-likeness (QED) is 0.212. The first-order chi connectivity index (χ1) is 16.9. The fraction of sp³-hybridized carbons (Fsp3) is 0.333. The van der Waals surface area contributed by atoms with Crippen molar-refractivity contribution in [2.24, 2.45) is 16.8 Å². The number of anilines is 2. The molecule has 2 aromatic heterocycles.